The quantitative estimate of drug-likeness (QED) is 0.794. The van der Waals surface area contributed by atoms with Gasteiger partial charge in [-0.1, -0.05) is 13.8 Å². The number of nitrogens with zero attached hydrogens (tertiary/aromatic N) is 3. The summed E-state index contributed by atoms with van der Waals surface area (Å²) >= 11 is 0. The van der Waals surface area contributed by atoms with E-state index in [0.29, 0.717) is 26.1 Å². The Morgan fingerprint density at radius 1 is 1.21 bits per heavy atom. The number of amidine groups is 1. The van der Waals surface area contributed by atoms with Gasteiger partial charge in [-0.05, 0) is 12.8 Å². The van der Waals surface area contributed by atoms with Gasteiger partial charge in [0.15, 0.2) is 5.41 Å². The van der Waals surface area contributed by atoms with Crippen LogP contribution in [0.5, 0.6) is 0 Å². The smallest absolute Gasteiger partial charge is 0.293 e. The average molecular weight is 260 g/mol. The lowest BCUT2D eigenvalue weighted by Crippen LogP contribution is -2.41. The second-order valence-electron chi connectivity index (χ2n) is 5.29. The molecular weight excluding hydrogens is 244 g/mol. The van der Waals surface area contributed by atoms with Gasteiger partial charge in [0, 0.05) is 5.41 Å². The maximum atomic E-state index is 9.81. The first-order chi connectivity index (χ1) is 9.08. The predicted octanol–water partition coefficient (Wildman–Crippen LogP) is 0.898. The minimum absolute atomic E-state index is 0.183. The van der Waals surface area contributed by atoms with Gasteiger partial charge < -0.3 is 15.2 Å². The molecule has 1 aliphatic carbocycles. The lowest BCUT2D eigenvalue weighted by molar-refractivity contribution is -0.192. The molecule has 1 saturated carbocycles. The van der Waals surface area contributed by atoms with Gasteiger partial charge >= 0.3 is 0 Å². The molecule has 0 aromatic heterocycles. The molecule has 2 aliphatic heterocycles. The van der Waals surface area contributed by atoms with Gasteiger partial charge in [0.05, 0.1) is 25.4 Å². The third-order valence-electron chi connectivity index (χ3n) is 5.28. The van der Waals surface area contributed by atoms with E-state index in [2.05, 4.69) is 17.1 Å². The van der Waals surface area contributed by atoms with Crippen molar-refractivity contribution < 1.29 is 9.47 Å². The molecule has 19 heavy (non-hydrogen) atoms. The Hall–Kier alpha value is -1.63. The first-order valence-corrected chi connectivity index (χ1v) is 6.54. The molecule has 2 heterocycles. The second-order valence-corrected chi connectivity index (χ2v) is 5.29. The first kappa shape index (κ1) is 12.4. The van der Waals surface area contributed by atoms with Crippen LogP contribution >= 0.6 is 0 Å². The average Bonchev–Trinajstić information content (AvgIpc) is 2.65. The summed E-state index contributed by atoms with van der Waals surface area (Å²) in [7, 11) is 0. The fourth-order valence-electron chi connectivity index (χ4n) is 4.50. The lowest BCUT2D eigenvalue weighted by Gasteiger charge is -2.30. The Kier molecular flexibility index (Phi) is 2.14. The summed E-state index contributed by atoms with van der Waals surface area (Å²) in [6.07, 6.45) is 1.32. The summed E-state index contributed by atoms with van der Waals surface area (Å²) in [5, 5.41) is 19.5. The molecular formula is C13H16N4O2. The number of nitrogens with two attached hydrogens (primary N) is 1. The van der Waals surface area contributed by atoms with Crippen LogP contribution in [-0.4, -0.2) is 25.0 Å². The van der Waals surface area contributed by atoms with Crippen LogP contribution in [0.15, 0.2) is 4.99 Å². The topological polar surface area (TPSA) is 104 Å². The highest BCUT2D eigenvalue weighted by Gasteiger charge is 2.99. The third kappa shape index (κ3) is 0.816. The predicted molar refractivity (Wildman–Crippen MR) is 65.4 cm³/mol. The van der Waals surface area contributed by atoms with Crippen molar-refractivity contribution in [2.45, 2.75) is 32.6 Å². The van der Waals surface area contributed by atoms with E-state index in [-0.39, 0.29) is 5.84 Å². The molecule has 3 aliphatic rings. The number of hydrogen-bond donors (Lipinski definition) is 1. The Morgan fingerprint density at radius 3 is 2.16 bits per heavy atom. The number of fused-ring (bicyclic) bond motifs is 2. The maximum Gasteiger partial charge on any atom is 0.293 e. The summed E-state index contributed by atoms with van der Waals surface area (Å²) in [5.41, 5.74) is 3.28. The van der Waals surface area contributed by atoms with Crippen LogP contribution in [0.2, 0.25) is 0 Å². The Balaban J connectivity index is 2.29. The monoisotopic (exact) mass is 260 g/mol. The molecule has 0 unspecified atom stereocenters. The fourth-order valence-corrected chi connectivity index (χ4v) is 4.50. The molecule has 1 saturated heterocycles. The Labute approximate surface area is 111 Å². The summed E-state index contributed by atoms with van der Waals surface area (Å²) in [6.45, 7) is 4.67. The van der Waals surface area contributed by atoms with E-state index in [1.807, 2.05) is 13.8 Å². The van der Waals surface area contributed by atoms with Crippen molar-refractivity contribution in [3.8, 4) is 12.1 Å². The van der Waals surface area contributed by atoms with E-state index in [4.69, 9.17) is 15.2 Å². The molecule has 0 amide bonds. The van der Waals surface area contributed by atoms with Crippen molar-refractivity contribution in [2.24, 2.45) is 27.0 Å². The van der Waals surface area contributed by atoms with Crippen LogP contribution in [0.25, 0.3) is 0 Å². The summed E-state index contributed by atoms with van der Waals surface area (Å²) < 4.78 is 11.3. The molecule has 3 rings (SSSR count). The zero-order valence-corrected chi connectivity index (χ0v) is 11.1. The van der Waals surface area contributed by atoms with Crippen molar-refractivity contribution in [1.82, 2.24) is 0 Å². The zero-order valence-electron chi connectivity index (χ0n) is 11.1. The van der Waals surface area contributed by atoms with Gasteiger partial charge in [-0.25, -0.2) is 4.99 Å². The molecule has 2 N–H and O–H groups in total. The van der Waals surface area contributed by atoms with Crippen LogP contribution in [0, 0.1) is 38.9 Å². The third-order valence-corrected chi connectivity index (χ3v) is 5.28. The maximum absolute atomic E-state index is 9.81. The molecule has 2 fully saturated rings. The fraction of sp³-hybridized carbons (Fsp3) is 0.769. The van der Waals surface area contributed by atoms with Crippen LogP contribution in [0.1, 0.15) is 26.7 Å². The van der Waals surface area contributed by atoms with Crippen molar-refractivity contribution in [1.29, 1.82) is 10.5 Å². The molecule has 0 bridgehead atoms. The lowest BCUT2D eigenvalue weighted by atomic mass is 9.85. The standard InChI is InChI=1S/C13H16N4O2/c1-3-10(4-2)11(7-14)9(16)17-13(12(10,11)8-15)18-5-6-19-13/h3-6H2,1-2H3,(H2,16,17)/t11-,12+/m0/s1. The largest absolute Gasteiger partial charge is 0.386 e. The molecule has 6 heteroatoms. The van der Waals surface area contributed by atoms with Gasteiger partial charge in [0.2, 0.25) is 0 Å². The molecule has 0 aromatic rings. The summed E-state index contributed by atoms with van der Waals surface area (Å²) in [4.78, 5) is 4.23. The van der Waals surface area contributed by atoms with Crippen molar-refractivity contribution in [3.63, 3.8) is 0 Å². The minimum Gasteiger partial charge on any atom is -0.386 e. The molecule has 6 nitrogen and oxygen atoms in total. The van der Waals surface area contributed by atoms with Gasteiger partial charge in [0.1, 0.15) is 11.3 Å². The van der Waals surface area contributed by atoms with E-state index in [1.54, 1.807) is 0 Å². The van der Waals surface area contributed by atoms with E-state index in [1.165, 1.54) is 0 Å². The van der Waals surface area contributed by atoms with E-state index in [0.717, 1.165) is 0 Å². The van der Waals surface area contributed by atoms with Crippen LogP contribution < -0.4 is 5.73 Å². The highest BCUT2D eigenvalue weighted by atomic mass is 16.8. The normalized spacial score (nSPS) is 40.3. The molecule has 100 valence electrons. The second kappa shape index (κ2) is 3.27. The Bertz CT molecular complexity index is 548. The van der Waals surface area contributed by atoms with E-state index < -0.39 is 22.2 Å². The zero-order chi connectivity index (χ0) is 13.9. The van der Waals surface area contributed by atoms with Crippen molar-refractivity contribution in [2.75, 3.05) is 13.2 Å². The van der Waals surface area contributed by atoms with Crippen LogP contribution in [-0.2, 0) is 9.47 Å². The number of aliphatic imine (C=N–C) groups is 1. The molecule has 0 radical (unpaired) electrons. The molecule has 1 spiro atoms. The van der Waals surface area contributed by atoms with Crippen LogP contribution in [0.3, 0.4) is 0 Å². The number of nitriles is 2. The first-order valence-electron chi connectivity index (χ1n) is 6.54. The minimum atomic E-state index is -1.38. The molecule has 0 aromatic carbocycles. The summed E-state index contributed by atoms with van der Waals surface area (Å²) in [6, 6.07) is 4.56. The van der Waals surface area contributed by atoms with Crippen molar-refractivity contribution >= 4 is 5.84 Å². The number of hydrogen-bond acceptors (Lipinski definition) is 6. The SMILES string of the molecule is CCC1(CC)[C@@]2(C#N)C3(N=C(N)[C@@]12C#N)OCCO3. The summed E-state index contributed by atoms with van der Waals surface area (Å²) in [5.74, 6) is -1.20. The Morgan fingerprint density at radius 2 is 1.79 bits per heavy atom. The van der Waals surface area contributed by atoms with Gasteiger partial charge in [-0.15, -0.1) is 0 Å². The van der Waals surface area contributed by atoms with Crippen LogP contribution in [0.4, 0.5) is 0 Å². The van der Waals surface area contributed by atoms with Gasteiger partial charge in [0.25, 0.3) is 5.91 Å². The molecule has 2 atom stereocenters. The van der Waals surface area contributed by atoms with Gasteiger partial charge in [-0.3, -0.25) is 0 Å². The number of ether oxygens (including phenoxy) is 2. The van der Waals surface area contributed by atoms with Gasteiger partial charge in [-0.2, -0.15) is 10.5 Å². The number of rotatable bonds is 2. The highest BCUT2D eigenvalue weighted by Crippen LogP contribution is 2.87. The van der Waals surface area contributed by atoms with Crippen molar-refractivity contribution in [3.05, 3.63) is 0 Å². The van der Waals surface area contributed by atoms with E-state index in [9.17, 15) is 10.5 Å². The van der Waals surface area contributed by atoms with E-state index >= 15 is 0 Å². The highest BCUT2D eigenvalue weighted by molar-refractivity contribution is 6.00.